The van der Waals surface area contributed by atoms with Gasteiger partial charge >= 0.3 is 12.1 Å². The van der Waals surface area contributed by atoms with Crippen molar-refractivity contribution in [1.82, 2.24) is 5.32 Å². The second-order valence-corrected chi connectivity index (χ2v) is 4.95. The van der Waals surface area contributed by atoms with Crippen molar-refractivity contribution in [1.29, 1.82) is 0 Å². The van der Waals surface area contributed by atoms with Crippen LogP contribution in [0.2, 0.25) is 0 Å². The highest BCUT2D eigenvalue weighted by atomic mass is 16.5. The Morgan fingerprint density at radius 2 is 1.95 bits per heavy atom. The van der Waals surface area contributed by atoms with Gasteiger partial charge < -0.3 is 19.9 Å². The number of aliphatic carboxylic acids is 1. The largest absolute Gasteiger partial charge is 0.480 e. The standard InChI is InChI=1S/C16H23NO5/c1-3-4-10-21-12(2)14(15(18)19)17-16(20)22-11-13-8-6-5-7-9-13/h5-9,12,14H,3-4,10-11H2,1-2H3,(H,17,20)(H,18,19). The molecule has 0 radical (unpaired) electrons. The van der Waals surface area contributed by atoms with E-state index in [4.69, 9.17) is 9.47 Å². The van der Waals surface area contributed by atoms with Crippen LogP contribution in [0.15, 0.2) is 30.3 Å². The molecule has 1 aromatic rings. The van der Waals surface area contributed by atoms with Gasteiger partial charge in [-0.25, -0.2) is 9.59 Å². The molecular weight excluding hydrogens is 286 g/mol. The van der Waals surface area contributed by atoms with Gasteiger partial charge in [0.25, 0.3) is 0 Å². The highest BCUT2D eigenvalue weighted by Crippen LogP contribution is 2.04. The Labute approximate surface area is 130 Å². The summed E-state index contributed by atoms with van der Waals surface area (Å²) >= 11 is 0. The lowest BCUT2D eigenvalue weighted by Gasteiger charge is -2.21. The average Bonchev–Trinajstić information content (AvgIpc) is 2.51. The van der Waals surface area contributed by atoms with Crippen LogP contribution in [0.4, 0.5) is 4.79 Å². The Morgan fingerprint density at radius 3 is 2.55 bits per heavy atom. The summed E-state index contributed by atoms with van der Waals surface area (Å²) in [5.74, 6) is -1.15. The van der Waals surface area contributed by atoms with Crippen LogP contribution in [-0.4, -0.2) is 35.9 Å². The minimum absolute atomic E-state index is 0.0874. The van der Waals surface area contributed by atoms with Gasteiger partial charge in [-0.15, -0.1) is 0 Å². The molecule has 0 bridgehead atoms. The van der Waals surface area contributed by atoms with Gasteiger partial charge in [0.05, 0.1) is 6.10 Å². The molecule has 0 saturated carbocycles. The summed E-state index contributed by atoms with van der Waals surface area (Å²) < 4.78 is 10.4. The molecule has 2 N–H and O–H groups in total. The molecule has 0 saturated heterocycles. The second-order valence-electron chi connectivity index (χ2n) is 4.95. The number of nitrogens with one attached hydrogen (secondary N) is 1. The van der Waals surface area contributed by atoms with Crippen molar-refractivity contribution < 1.29 is 24.2 Å². The summed E-state index contributed by atoms with van der Waals surface area (Å²) in [7, 11) is 0. The fourth-order valence-corrected chi connectivity index (χ4v) is 1.78. The summed E-state index contributed by atoms with van der Waals surface area (Å²) in [6.07, 6.45) is 0.391. The number of hydrogen-bond donors (Lipinski definition) is 2. The molecule has 6 nitrogen and oxygen atoms in total. The van der Waals surface area contributed by atoms with Crippen molar-refractivity contribution >= 4 is 12.1 Å². The smallest absolute Gasteiger partial charge is 0.408 e. The van der Waals surface area contributed by atoms with E-state index in [0.29, 0.717) is 6.61 Å². The Morgan fingerprint density at radius 1 is 1.27 bits per heavy atom. The fourth-order valence-electron chi connectivity index (χ4n) is 1.78. The van der Waals surface area contributed by atoms with Gasteiger partial charge in [-0.05, 0) is 18.9 Å². The highest BCUT2D eigenvalue weighted by molar-refractivity contribution is 5.80. The van der Waals surface area contributed by atoms with Crippen molar-refractivity contribution in [3.8, 4) is 0 Å². The molecule has 0 aromatic heterocycles. The van der Waals surface area contributed by atoms with Crippen LogP contribution < -0.4 is 5.32 Å². The maximum Gasteiger partial charge on any atom is 0.408 e. The van der Waals surface area contributed by atoms with Crippen molar-refractivity contribution in [3.05, 3.63) is 35.9 Å². The number of ether oxygens (including phenoxy) is 2. The average molecular weight is 309 g/mol. The van der Waals surface area contributed by atoms with Crippen molar-refractivity contribution in [3.63, 3.8) is 0 Å². The molecule has 0 aliphatic heterocycles. The summed E-state index contributed by atoms with van der Waals surface area (Å²) in [5.41, 5.74) is 0.830. The Bertz CT molecular complexity index is 463. The first-order chi connectivity index (χ1) is 10.5. The van der Waals surface area contributed by atoms with Gasteiger partial charge in [0.2, 0.25) is 0 Å². The zero-order chi connectivity index (χ0) is 16.4. The molecule has 122 valence electrons. The van der Waals surface area contributed by atoms with Crippen LogP contribution in [0.1, 0.15) is 32.3 Å². The molecule has 0 fully saturated rings. The van der Waals surface area contributed by atoms with E-state index < -0.39 is 24.2 Å². The van der Waals surface area contributed by atoms with Crippen molar-refractivity contribution in [2.24, 2.45) is 0 Å². The molecule has 0 heterocycles. The number of carbonyl (C=O) groups excluding carboxylic acids is 1. The molecule has 1 rings (SSSR count). The van der Waals surface area contributed by atoms with Crippen LogP contribution in [0.25, 0.3) is 0 Å². The Balaban J connectivity index is 2.44. The second kappa shape index (κ2) is 9.78. The first-order valence-electron chi connectivity index (χ1n) is 7.36. The number of carbonyl (C=O) groups is 2. The Hall–Kier alpha value is -2.08. The lowest BCUT2D eigenvalue weighted by Crippen LogP contribution is -2.48. The van der Waals surface area contributed by atoms with Crippen molar-refractivity contribution in [2.75, 3.05) is 6.61 Å². The number of benzene rings is 1. The molecule has 6 heteroatoms. The van der Waals surface area contributed by atoms with Gasteiger partial charge in [-0.1, -0.05) is 43.7 Å². The van der Waals surface area contributed by atoms with E-state index in [1.165, 1.54) is 0 Å². The number of carboxylic acids is 1. The summed E-state index contributed by atoms with van der Waals surface area (Å²) in [6.45, 7) is 4.18. The van der Waals surface area contributed by atoms with E-state index in [-0.39, 0.29) is 6.61 Å². The van der Waals surface area contributed by atoms with Crippen LogP contribution in [0.5, 0.6) is 0 Å². The first kappa shape index (κ1) is 18.0. The van der Waals surface area contributed by atoms with E-state index >= 15 is 0 Å². The maximum atomic E-state index is 11.7. The first-order valence-corrected chi connectivity index (χ1v) is 7.36. The fraction of sp³-hybridized carbons (Fsp3) is 0.500. The zero-order valence-corrected chi connectivity index (χ0v) is 13.0. The van der Waals surface area contributed by atoms with Gasteiger partial charge in [0, 0.05) is 6.61 Å². The number of amides is 1. The third-order valence-electron chi connectivity index (χ3n) is 3.10. The van der Waals surface area contributed by atoms with E-state index in [2.05, 4.69) is 5.32 Å². The lowest BCUT2D eigenvalue weighted by molar-refractivity contribution is -0.143. The third kappa shape index (κ3) is 6.58. The molecular formula is C16H23NO5. The molecule has 2 unspecified atom stereocenters. The maximum absolute atomic E-state index is 11.7. The van der Waals surface area contributed by atoms with Crippen LogP contribution in [-0.2, 0) is 20.9 Å². The van der Waals surface area contributed by atoms with Gasteiger partial charge in [-0.3, -0.25) is 0 Å². The van der Waals surface area contributed by atoms with Crippen LogP contribution >= 0.6 is 0 Å². The molecule has 1 amide bonds. The molecule has 0 aliphatic carbocycles. The molecule has 1 aromatic carbocycles. The van der Waals surface area contributed by atoms with E-state index in [1.54, 1.807) is 6.92 Å². The summed E-state index contributed by atoms with van der Waals surface area (Å²) in [5, 5.41) is 11.5. The van der Waals surface area contributed by atoms with E-state index in [1.807, 2.05) is 37.3 Å². The number of unbranched alkanes of at least 4 members (excludes halogenated alkanes) is 1. The number of carboxylic acid groups (broad SMARTS) is 1. The number of rotatable bonds is 9. The minimum Gasteiger partial charge on any atom is -0.480 e. The highest BCUT2D eigenvalue weighted by Gasteiger charge is 2.27. The van der Waals surface area contributed by atoms with E-state index in [0.717, 1.165) is 18.4 Å². The van der Waals surface area contributed by atoms with Gasteiger partial charge in [0.15, 0.2) is 6.04 Å². The summed E-state index contributed by atoms with van der Waals surface area (Å²) in [6, 6.07) is 8.02. The third-order valence-corrected chi connectivity index (χ3v) is 3.10. The molecule has 0 aliphatic rings. The van der Waals surface area contributed by atoms with E-state index in [9.17, 15) is 14.7 Å². The summed E-state index contributed by atoms with van der Waals surface area (Å²) in [4.78, 5) is 22.9. The minimum atomic E-state index is -1.15. The quantitative estimate of drug-likeness (QED) is 0.685. The predicted octanol–water partition coefficient (Wildman–Crippen LogP) is 2.57. The topological polar surface area (TPSA) is 84.9 Å². The molecule has 2 atom stereocenters. The van der Waals surface area contributed by atoms with Crippen LogP contribution in [0, 0.1) is 0 Å². The number of hydrogen-bond acceptors (Lipinski definition) is 4. The SMILES string of the molecule is CCCCOC(C)C(NC(=O)OCc1ccccc1)C(=O)O. The van der Waals surface area contributed by atoms with Crippen molar-refractivity contribution in [2.45, 2.75) is 45.4 Å². The van der Waals surface area contributed by atoms with Crippen LogP contribution in [0.3, 0.4) is 0 Å². The monoisotopic (exact) mass is 309 g/mol. The van der Waals surface area contributed by atoms with Gasteiger partial charge in [-0.2, -0.15) is 0 Å². The lowest BCUT2D eigenvalue weighted by atomic mass is 10.2. The molecule has 0 spiro atoms. The molecule has 22 heavy (non-hydrogen) atoms. The predicted molar refractivity (Wildman–Crippen MR) is 81.5 cm³/mol. The normalized spacial score (nSPS) is 13.2. The Kier molecular flexibility index (Phi) is 7.99. The van der Waals surface area contributed by atoms with Gasteiger partial charge in [0.1, 0.15) is 6.61 Å². The number of alkyl carbamates (subject to hydrolysis) is 1. The zero-order valence-electron chi connectivity index (χ0n) is 13.0.